The summed E-state index contributed by atoms with van der Waals surface area (Å²) in [5.41, 5.74) is 2.05. The van der Waals surface area contributed by atoms with Crippen molar-refractivity contribution in [3.05, 3.63) is 30.6 Å². The molecule has 0 atom stereocenters. The number of rotatable bonds is 5. The van der Waals surface area contributed by atoms with Gasteiger partial charge in [0.05, 0.1) is 18.6 Å². The van der Waals surface area contributed by atoms with Gasteiger partial charge in [-0.3, -0.25) is 4.79 Å². The van der Waals surface area contributed by atoms with E-state index in [0.29, 0.717) is 21.9 Å². The molecule has 2 aromatic heterocycles. The molecule has 28 heavy (non-hydrogen) atoms. The Morgan fingerprint density at radius 2 is 1.86 bits per heavy atom. The average Bonchev–Trinajstić information content (AvgIpc) is 2.98. The van der Waals surface area contributed by atoms with Gasteiger partial charge in [-0.25, -0.2) is 9.97 Å². The van der Waals surface area contributed by atoms with Crippen LogP contribution in [0, 0.1) is 0 Å². The lowest BCUT2D eigenvalue weighted by Crippen LogP contribution is -2.33. The molecule has 8 nitrogen and oxygen atoms in total. The number of methoxy groups -OCH3 is 1. The zero-order valence-electron chi connectivity index (χ0n) is 15.7. The Morgan fingerprint density at radius 1 is 1.11 bits per heavy atom. The van der Waals surface area contributed by atoms with Crippen molar-refractivity contribution in [2.24, 2.45) is 0 Å². The van der Waals surface area contributed by atoms with Crippen molar-refractivity contribution in [3.63, 3.8) is 0 Å². The summed E-state index contributed by atoms with van der Waals surface area (Å²) in [5, 5.41) is 9.15. The minimum absolute atomic E-state index is 0.154. The molecule has 0 unspecified atom stereocenters. The summed E-state index contributed by atoms with van der Waals surface area (Å²) in [4.78, 5) is 23.2. The van der Waals surface area contributed by atoms with E-state index in [2.05, 4.69) is 20.3 Å². The van der Waals surface area contributed by atoms with E-state index in [9.17, 15) is 4.79 Å². The summed E-state index contributed by atoms with van der Waals surface area (Å²) < 4.78 is 6.86. The maximum absolute atomic E-state index is 12.6. The van der Waals surface area contributed by atoms with Crippen molar-refractivity contribution in [3.8, 4) is 11.4 Å². The molecule has 146 valence electrons. The highest BCUT2D eigenvalue weighted by molar-refractivity contribution is 8.00. The Labute approximate surface area is 167 Å². The van der Waals surface area contributed by atoms with Gasteiger partial charge in [0.1, 0.15) is 17.1 Å². The third-order valence-corrected chi connectivity index (χ3v) is 5.78. The van der Waals surface area contributed by atoms with Crippen LogP contribution in [0.25, 0.3) is 16.9 Å². The first kappa shape index (κ1) is 18.7. The van der Waals surface area contributed by atoms with Gasteiger partial charge in [0.2, 0.25) is 5.91 Å². The molecule has 0 aliphatic carbocycles. The zero-order valence-corrected chi connectivity index (χ0v) is 16.6. The van der Waals surface area contributed by atoms with Crippen LogP contribution in [0.1, 0.15) is 25.7 Å². The first-order valence-electron chi connectivity index (χ1n) is 9.37. The van der Waals surface area contributed by atoms with E-state index < -0.39 is 0 Å². The van der Waals surface area contributed by atoms with E-state index in [1.54, 1.807) is 11.8 Å². The molecule has 1 fully saturated rings. The molecule has 0 radical (unpaired) electrons. The van der Waals surface area contributed by atoms with Gasteiger partial charge in [0.15, 0.2) is 11.2 Å². The van der Waals surface area contributed by atoms with Crippen LogP contribution < -0.4 is 4.74 Å². The summed E-state index contributed by atoms with van der Waals surface area (Å²) in [5.74, 6) is 1.27. The maximum atomic E-state index is 12.6. The number of aromatic nitrogens is 5. The number of likely N-dealkylation sites (tertiary alicyclic amines) is 1. The largest absolute Gasteiger partial charge is 0.497 e. The van der Waals surface area contributed by atoms with Gasteiger partial charge < -0.3 is 9.64 Å². The molecule has 9 heteroatoms. The Bertz CT molecular complexity index is 951. The van der Waals surface area contributed by atoms with E-state index in [0.717, 1.165) is 37.4 Å². The van der Waals surface area contributed by atoms with Crippen molar-refractivity contribution in [1.82, 2.24) is 29.9 Å². The van der Waals surface area contributed by atoms with Crippen molar-refractivity contribution in [2.75, 3.05) is 26.0 Å². The quantitative estimate of drug-likeness (QED) is 0.482. The van der Waals surface area contributed by atoms with Crippen LogP contribution >= 0.6 is 11.8 Å². The van der Waals surface area contributed by atoms with Gasteiger partial charge in [0, 0.05) is 13.1 Å². The molecule has 1 aliphatic rings. The molecule has 1 aliphatic heterocycles. The first-order chi connectivity index (χ1) is 13.8. The highest BCUT2D eigenvalue weighted by Crippen LogP contribution is 2.25. The molecular formula is C19H22N6O2S. The second kappa shape index (κ2) is 8.55. The predicted octanol–water partition coefficient (Wildman–Crippen LogP) is 2.71. The van der Waals surface area contributed by atoms with Gasteiger partial charge in [-0.05, 0) is 37.1 Å². The van der Waals surface area contributed by atoms with E-state index >= 15 is 0 Å². The smallest absolute Gasteiger partial charge is 0.232 e. The fourth-order valence-corrected chi connectivity index (χ4v) is 4.11. The van der Waals surface area contributed by atoms with Crippen LogP contribution in [0.4, 0.5) is 0 Å². The molecule has 0 bridgehead atoms. The van der Waals surface area contributed by atoms with E-state index in [1.807, 2.05) is 29.2 Å². The number of nitrogens with zero attached hydrogens (tertiary/aromatic N) is 6. The molecular weight excluding hydrogens is 376 g/mol. The van der Waals surface area contributed by atoms with Gasteiger partial charge >= 0.3 is 0 Å². The van der Waals surface area contributed by atoms with Crippen LogP contribution in [-0.2, 0) is 4.79 Å². The Balaban J connectivity index is 1.52. The lowest BCUT2D eigenvalue weighted by Gasteiger charge is -2.19. The third-order valence-electron chi connectivity index (χ3n) is 4.81. The number of hydrogen-bond acceptors (Lipinski definition) is 7. The highest BCUT2D eigenvalue weighted by Gasteiger charge is 2.18. The van der Waals surface area contributed by atoms with Crippen LogP contribution in [-0.4, -0.2) is 61.7 Å². The van der Waals surface area contributed by atoms with Gasteiger partial charge in [-0.15, -0.1) is 5.10 Å². The zero-order chi connectivity index (χ0) is 19.3. The molecule has 1 aromatic carbocycles. The van der Waals surface area contributed by atoms with Gasteiger partial charge in [-0.2, -0.15) is 4.68 Å². The normalized spacial score (nSPS) is 14.8. The number of hydrogen-bond donors (Lipinski definition) is 0. The standard InChI is InChI=1S/C19H22N6O2S/c1-27-15-8-6-14(7-9-15)25-18-17(22-23-25)19(21-13-20-18)28-12-16(26)24-10-4-2-3-5-11-24/h6-9,13H,2-5,10-12H2,1H3. The summed E-state index contributed by atoms with van der Waals surface area (Å²) in [6.07, 6.45) is 6.08. The number of thioether (sulfide) groups is 1. The van der Waals surface area contributed by atoms with Gasteiger partial charge in [0.25, 0.3) is 0 Å². The number of ether oxygens (including phenoxy) is 1. The average molecular weight is 398 g/mol. The second-order valence-electron chi connectivity index (χ2n) is 6.63. The van der Waals surface area contributed by atoms with Crippen molar-refractivity contribution >= 4 is 28.8 Å². The third kappa shape index (κ3) is 3.94. The number of fused-ring (bicyclic) bond motifs is 1. The van der Waals surface area contributed by atoms with Crippen molar-refractivity contribution < 1.29 is 9.53 Å². The molecule has 3 heterocycles. The minimum Gasteiger partial charge on any atom is -0.497 e. The van der Waals surface area contributed by atoms with Crippen LogP contribution in [0.15, 0.2) is 35.6 Å². The number of carbonyl (C=O) groups excluding carboxylic acids is 1. The Morgan fingerprint density at radius 3 is 2.57 bits per heavy atom. The maximum Gasteiger partial charge on any atom is 0.232 e. The van der Waals surface area contributed by atoms with Gasteiger partial charge in [-0.1, -0.05) is 29.8 Å². The molecule has 4 rings (SSSR count). The fourth-order valence-electron chi connectivity index (χ4n) is 3.27. The lowest BCUT2D eigenvalue weighted by molar-refractivity contribution is -0.128. The highest BCUT2D eigenvalue weighted by atomic mass is 32.2. The van der Waals surface area contributed by atoms with Crippen LogP contribution in [0.5, 0.6) is 5.75 Å². The van der Waals surface area contributed by atoms with E-state index in [4.69, 9.17) is 4.74 Å². The molecule has 0 spiro atoms. The molecule has 1 amide bonds. The number of benzene rings is 1. The Hall–Kier alpha value is -2.68. The number of amides is 1. The first-order valence-corrected chi connectivity index (χ1v) is 10.4. The summed E-state index contributed by atoms with van der Waals surface area (Å²) >= 11 is 1.39. The van der Waals surface area contributed by atoms with Crippen LogP contribution in [0.2, 0.25) is 0 Å². The van der Waals surface area contributed by atoms with E-state index in [1.165, 1.54) is 30.9 Å². The SMILES string of the molecule is COc1ccc(-n2nnc3c(SCC(=O)N4CCCCCC4)ncnc32)cc1. The fraction of sp³-hybridized carbons (Fsp3) is 0.421. The molecule has 1 saturated heterocycles. The monoisotopic (exact) mass is 398 g/mol. The summed E-state index contributed by atoms with van der Waals surface area (Å²) in [6.45, 7) is 1.71. The van der Waals surface area contributed by atoms with E-state index in [-0.39, 0.29) is 5.91 Å². The predicted molar refractivity (Wildman–Crippen MR) is 107 cm³/mol. The topological polar surface area (TPSA) is 86.0 Å². The summed E-state index contributed by atoms with van der Waals surface area (Å²) in [6, 6.07) is 7.51. The molecule has 0 saturated carbocycles. The lowest BCUT2D eigenvalue weighted by atomic mass is 10.2. The molecule has 3 aromatic rings. The van der Waals surface area contributed by atoms with Crippen LogP contribution in [0.3, 0.4) is 0 Å². The minimum atomic E-state index is 0.154. The number of carbonyl (C=O) groups is 1. The Kier molecular flexibility index (Phi) is 5.70. The molecule has 0 N–H and O–H groups in total. The van der Waals surface area contributed by atoms with Crippen molar-refractivity contribution in [2.45, 2.75) is 30.7 Å². The second-order valence-corrected chi connectivity index (χ2v) is 7.60. The summed E-state index contributed by atoms with van der Waals surface area (Å²) in [7, 11) is 1.63. The van der Waals surface area contributed by atoms with Crippen molar-refractivity contribution in [1.29, 1.82) is 0 Å².